The number of hydrogen-bond donors (Lipinski definition) is 0. The zero-order chi connectivity index (χ0) is 12.0. The molecule has 0 saturated heterocycles. The number of aromatic nitrogens is 2. The predicted octanol–water partition coefficient (Wildman–Crippen LogP) is 1.52. The zero-order valence-electron chi connectivity index (χ0n) is 9.31. The molecular weight excluding hydrogens is 230 g/mol. The maximum absolute atomic E-state index is 10.9. The number of anilines is 1. The van der Waals surface area contributed by atoms with Crippen molar-refractivity contribution in [1.29, 1.82) is 0 Å². The first-order chi connectivity index (χ1) is 7.65. The van der Waals surface area contributed by atoms with Crippen LogP contribution >= 0.6 is 11.6 Å². The van der Waals surface area contributed by atoms with E-state index in [0.717, 1.165) is 0 Å². The van der Waals surface area contributed by atoms with Gasteiger partial charge in [0.05, 0.1) is 13.3 Å². The second-order valence-corrected chi connectivity index (χ2v) is 3.70. The summed E-state index contributed by atoms with van der Waals surface area (Å²) in [7, 11) is 3.25. The SMILES string of the molecule is COC(=O)CCCN(C)c1ncncc1Cl. The maximum atomic E-state index is 10.9. The second kappa shape index (κ2) is 6.27. The maximum Gasteiger partial charge on any atom is 0.305 e. The van der Waals surface area contributed by atoms with E-state index >= 15 is 0 Å². The Morgan fingerprint density at radius 2 is 2.38 bits per heavy atom. The highest BCUT2D eigenvalue weighted by Gasteiger charge is 2.08. The fourth-order valence-electron chi connectivity index (χ4n) is 1.26. The second-order valence-electron chi connectivity index (χ2n) is 3.30. The lowest BCUT2D eigenvalue weighted by Gasteiger charge is -2.18. The first kappa shape index (κ1) is 12.7. The van der Waals surface area contributed by atoms with Crippen LogP contribution in [0.2, 0.25) is 5.02 Å². The third kappa shape index (κ3) is 3.66. The third-order valence-electron chi connectivity index (χ3n) is 2.11. The van der Waals surface area contributed by atoms with E-state index in [-0.39, 0.29) is 5.97 Å². The lowest BCUT2D eigenvalue weighted by Crippen LogP contribution is -2.21. The van der Waals surface area contributed by atoms with Crippen LogP contribution in [0.5, 0.6) is 0 Å². The Morgan fingerprint density at radius 1 is 1.62 bits per heavy atom. The summed E-state index contributed by atoms with van der Waals surface area (Å²) in [4.78, 5) is 20.7. The van der Waals surface area contributed by atoms with Gasteiger partial charge >= 0.3 is 5.97 Å². The van der Waals surface area contributed by atoms with E-state index in [1.807, 2.05) is 11.9 Å². The Balaban J connectivity index is 2.44. The van der Waals surface area contributed by atoms with Gasteiger partial charge in [-0.25, -0.2) is 9.97 Å². The highest BCUT2D eigenvalue weighted by atomic mass is 35.5. The number of carbonyl (C=O) groups excluding carboxylic acids is 1. The minimum Gasteiger partial charge on any atom is -0.469 e. The zero-order valence-corrected chi connectivity index (χ0v) is 10.1. The molecule has 0 aliphatic rings. The van der Waals surface area contributed by atoms with Crippen LogP contribution in [-0.4, -0.2) is 36.6 Å². The number of ether oxygens (including phenoxy) is 1. The number of halogens is 1. The molecule has 0 aliphatic heterocycles. The van der Waals surface area contributed by atoms with Crippen LogP contribution in [0.25, 0.3) is 0 Å². The minimum absolute atomic E-state index is 0.206. The monoisotopic (exact) mass is 243 g/mol. The van der Waals surface area contributed by atoms with Crippen molar-refractivity contribution in [3.05, 3.63) is 17.5 Å². The molecule has 1 heterocycles. The molecule has 0 N–H and O–H groups in total. The van der Waals surface area contributed by atoms with E-state index in [4.69, 9.17) is 11.6 Å². The van der Waals surface area contributed by atoms with Crippen molar-refractivity contribution < 1.29 is 9.53 Å². The van der Waals surface area contributed by atoms with Gasteiger partial charge in [0.25, 0.3) is 0 Å². The molecule has 1 rings (SSSR count). The van der Waals surface area contributed by atoms with E-state index in [1.165, 1.54) is 13.4 Å². The quantitative estimate of drug-likeness (QED) is 0.734. The molecule has 5 nitrogen and oxygen atoms in total. The summed E-state index contributed by atoms with van der Waals surface area (Å²) in [5.74, 6) is 0.462. The van der Waals surface area contributed by atoms with Crippen molar-refractivity contribution in [3.63, 3.8) is 0 Å². The molecule has 0 amide bonds. The molecule has 0 fully saturated rings. The van der Waals surface area contributed by atoms with Crippen LogP contribution in [0, 0.1) is 0 Å². The van der Waals surface area contributed by atoms with Gasteiger partial charge in [0.15, 0.2) is 5.82 Å². The van der Waals surface area contributed by atoms with E-state index in [9.17, 15) is 4.79 Å². The van der Waals surface area contributed by atoms with Crippen molar-refractivity contribution in [3.8, 4) is 0 Å². The minimum atomic E-state index is -0.206. The van der Waals surface area contributed by atoms with Crippen molar-refractivity contribution >= 4 is 23.4 Å². The number of esters is 1. The van der Waals surface area contributed by atoms with Gasteiger partial charge in [-0.1, -0.05) is 11.6 Å². The lowest BCUT2D eigenvalue weighted by molar-refractivity contribution is -0.140. The molecule has 0 atom stereocenters. The Kier molecular flexibility index (Phi) is 4.98. The van der Waals surface area contributed by atoms with E-state index in [1.54, 1.807) is 6.20 Å². The van der Waals surface area contributed by atoms with Crippen LogP contribution in [0.4, 0.5) is 5.82 Å². The molecule has 1 aromatic rings. The van der Waals surface area contributed by atoms with Gasteiger partial charge < -0.3 is 9.64 Å². The van der Waals surface area contributed by atoms with Gasteiger partial charge in [-0.05, 0) is 6.42 Å². The average molecular weight is 244 g/mol. The van der Waals surface area contributed by atoms with Crippen LogP contribution in [0.3, 0.4) is 0 Å². The normalized spacial score (nSPS) is 9.94. The molecule has 0 aliphatic carbocycles. The Hall–Kier alpha value is -1.36. The molecule has 0 spiro atoms. The number of methoxy groups -OCH3 is 1. The lowest BCUT2D eigenvalue weighted by atomic mass is 10.3. The molecule has 16 heavy (non-hydrogen) atoms. The van der Waals surface area contributed by atoms with E-state index in [2.05, 4.69) is 14.7 Å². The van der Waals surface area contributed by atoms with Crippen LogP contribution in [-0.2, 0) is 9.53 Å². The van der Waals surface area contributed by atoms with Gasteiger partial charge in [-0.15, -0.1) is 0 Å². The fourth-order valence-corrected chi connectivity index (χ4v) is 1.51. The molecule has 0 unspecified atom stereocenters. The van der Waals surface area contributed by atoms with Gasteiger partial charge in [-0.3, -0.25) is 4.79 Å². The van der Waals surface area contributed by atoms with Crippen molar-refractivity contribution in [2.75, 3.05) is 25.6 Å². The van der Waals surface area contributed by atoms with Crippen LogP contribution in [0.15, 0.2) is 12.5 Å². The predicted molar refractivity (Wildman–Crippen MR) is 61.6 cm³/mol. The molecule has 88 valence electrons. The van der Waals surface area contributed by atoms with Crippen molar-refractivity contribution in [2.24, 2.45) is 0 Å². The van der Waals surface area contributed by atoms with Gasteiger partial charge in [0, 0.05) is 20.0 Å². The molecule has 1 aromatic heterocycles. The summed E-state index contributed by atoms with van der Waals surface area (Å²) in [6.07, 6.45) is 4.08. The van der Waals surface area contributed by atoms with Crippen molar-refractivity contribution in [2.45, 2.75) is 12.8 Å². The highest BCUT2D eigenvalue weighted by molar-refractivity contribution is 6.32. The summed E-state index contributed by atoms with van der Waals surface area (Å²) in [5.41, 5.74) is 0. The molecule has 0 radical (unpaired) electrons. The van der Waals surface area contributed by atoms with E-state index < -0.39 is 0 Å². The molecule has 6 heteroatoms. The summed E-state index contributed by atoms with van der Waals surface area (Å²) >= 11 is 5.93. The first-order valence-corrected chi connectivity index (χ1v) is 5.26. The van der Waals surface area contributed by atoms with Gasteiger partial charge in [0.2, 0.25) is 0 Å². The fraction of sp³-hybridized carbons (Fsp3) is 0.500. The summed E-state index contributed by atoms with van der Waals surface area (Å²) in [6.45, 7) is 0.686. The smallest absolute Gasteiger partial charge is 0.305 e. The average Bonchev–Trinajstić information content (AvgIpc) is 2.29. The largest absolute Gasteiger partial charge is 0.469 e. The Morgan fingerprint density at radius 3 is 3.00 bits per heavy atom. The Bertz CT molecular complexity index is 360. The molecule has 0 aromatic carbocycles. The number of rotatable bonds is 5. The van der Waals surface area contributed by atoms with Gasteiger partial charge in [0.1, 0.15) is 11.3 Å². The summed E-state index contributed by atoms with van der Waals surface area (Å²) < 4.78 is 4.55. The number of carbonyl (C=O) groups is 1. The third-order valence-corrected chi connectivity index (χ3v) is 2.38. The number of hydrogen-bond acceptors (Lipinski definition) is 5. The van der Waals surface area contributed by atoms with Gasteiger partial charge in [-0.2, -0.15) is 0 Å². The topological polar surface area (TPSA) is 55.3 Å². The highest BCUT2D eigenvalue weighted by Crippen LogP contribution is 2.20. The van der Waals surface area contributed by atoms with E-state index in [0.29, 0.717) is 30.2 Å². The first-order valence-electron chi connectivity index (χ1n) is 4.88. The molecular formula is C10H14ClN3O2. The summed E-state index contributed by atoms with van der Waals surface area (Å²) in [5, 5.41) is 0.503. The molecule has 0 bridgehead atoms. The molecule has 0 saturated carbocycles. The number of nitrogens with zero attached hydrogens (tertiary/aromatic N) is 3. The standard InChI is InChI=1S/C10H14ClN3O2/c1-14(5-3-4-9(15)16-2)10-8(11)6-12-7-13-10/h6-7H,3-5H2,1-2H3. The van der Waals surface area contributed by atoms with Crippen LogP contribution < -0.4 is 4.90 Å². The summed E-state index contributed by atoms with van der Waals surface area (Å²) in [6, 6.07) is 0. The van der Waals surface area contributed by atoms with Crippen molar-refractivity contribution in [1.82, 2.24) is 9.97 Å². The van der Waals surface area contributed by atoms with Crippen LogP contribution in [0.1, 0.15) is 12.8 Å². The Labute approximate surface area is 99.4 Å².